The van der Waals surface area contributed by atoms with Gasteiger partial charge in [0, 0.05) is 24.7 Å². The van der Waals surface area contributed by atoms with E-state index < -0.39 is 0 Å². The number of hydrogen-bond acceptors (Lipinski definition) is 4. The van der Waals surface area contributed by atoms with Crippen molar-refractivity contribution in [2.45, 2.75) is 51.3 Å². The number of nitro groups is 1. The molecule has 1 N–H and O–H groups in total. The second-order valence-corrected chi connectivity index (χ2v) is 5.45. The molecule has 1 aliphatic rings. The average Bonchev–Trinajstić information content (AvgIpc) is 2.46. The Bertz CT molecular complexity index is 439. The van der Waals surface area contributed by atoms with E-state index in [-0.39, 0.29) is 16.7 Å². The Kier molecular flexibility index (Phi) is 5.09. The highest BCUT2D eigenvalue weighted by Crippen LogP contribution is 2.24. The van der Waals surface area contributed by atoms with Gasteiger partial charge < -0.3 is 5.11 Å². The summed E-state index contributed by atoms with van der Waals surface area (Å²) in [6.07, 6.45) is 3.68. The molecule has 2 rings (SSSR count). The summed E-state index contributed by atoms with van der Waals surface area (Å²) < 4.78 is 0. The zero-order chi connectivity index (χ0) is 14.5. The number of benzene rings is 1. The van der Waals surface area contributed by atoms with Crippen LogP contribution in [-0.4, -0.2) is 33.6 Å². The standard InChI is InChI=1S/C15H22N2O3/c1-2-16(13-7-9-15(18)10-8-13)11-12-3-5-14(6-4-12)17(19)20/h3-6,13,15,18H,2,7-11H2,1H3. The van der Waals surface area contributed by atoms with Crippen molar-refractivity contribution in [1.82, 2.24) is 4.90 Å². The number of rotatable bonds is 5. The summed E-state index contributed by atoms with van der Waals surface area (Å²) in [5.41, 5.74) is 1.24. The van der Waals surface area contributed by atoms with Gasteiger partial charge in [0.05, 0.1) is 11.0 Å². The third-order valence-corrected chi connectivity index (χ3v) is 4.12. The van der Waals surface area contributed by atoms with Crippen LogP contribution >= 0.6 is 0 Å². The Hall–Kier alpha value is -1.46. The molecule has 0 atom stereocenters. The first-order valence-corrected chi connectivity index (χ1v) is 7.25. The van der Waals surface area contributed by atoms with E-state index in [4.69, 9.17) is 0 Å². The monoisotopic (exact) mass is 278 g/mol. The smallest absolute Gasteiger partial charge is 0.269 e. The molecule has 0 spiro atoms. The molecule has 1 fully saturated rings. The highest BCUT2D eigenvalue weighted by molar-refractivity contribution is 5.32. The summed E-state index contributed by atoms with van der Waals surface area (Å²) in [7, 11) is 0. The topological polar surface area (TPSA) is 66.6 Å². The zero-order valence-corrected chi connectivity index (χ0v) is 11.9. The maximum atomic E-state index is 10.6. The van der Waals surface area contributed by atoms with Crippen molar-refractivity contribution in [3.63, 3.8) is 0 Å². The van der Waals surface area contributed by atoms with Crippen molar-refractivity contribution >= 4 is 5.69 Å². The highest BCUT2D eigenvalue weighted by Gasteiger charge is 2.24. The molecular weight excluding hydrogens is 256 g/mol. The number of nitrogens with zero attached hydrogens (tertiary/aromatic N) is 2. The lowest BCUT2D eigenvalue weighted by Gasteiger charge is -2.35. The lowest BCUT2D eigenvalue weighted by molar-refractivity contribution is -0.384. The summed E-state index contributed by atoms with van der Waals surface area (Å²) in [6, 6.07) is 7.30. The van der Waals surface area contributed by atoms with Crippen molar-refractivity contribution < 1.29 is 10.0 Å². The number of aliphatic hydroxyl groups is 1. The molecule has 0 bridgehead atoms. The SMILES string of the molecule is CCN(Cc1ccc([N+](=O)[O-])cc1)C1CCC(O)CC1. The van der Waals surface area contributed by atoms with Crippen molar-refractivity contribution in [1.29, 1.82) is 0 Å². The first kappa shape index (κ1) is 14.9. The van der Waals surface area contributed by atoms with Gasteiger partial charge in [0.15, 0.2) is 0 Å². The largest absolute Gasteiger partial charge is 0.393 e. The third kappa shape index (κ3) is 3.77. The average molecular weight is 278 g/mol. The predicted octanol–water partition coefficient (Wildman–Crippen LogP) is 2.72. The van der Waals surface area contributed by atoms with Crippen LogP contribution in [-0.2, 0) is 6.54 Å². The van der Waals surface area contributed by atoms with Gasteiger partial charge >= 0.3 is 0 Å². The van der Waals surface area contributed by atoms with Crippen LogP contribution in [0, 0.1) is 10.1 Å². The molecule has 0 radical (unpaired) electrons. The zero-order valence-electron chi connectivity index (χ0n) is 11.9. The molecule has 20 heavy (non-hydrogen) atoms. The Morgan fingerprint density at radius 3 is 2.35 bits per heavy atom. The Labute approximate surface area is 119 Å². The van der Waals surface area contributed by atoms with E-state index in [0.717, 1.165) is 44.3 Å². The van der Waals surface area contributed by atoms with Crippen molar-refractivity contribution in [3.8, 4) is 0 Å². The summed E-state index contributed by atoms with van der Waals surface area (Å²) in [5, 5.41) is 20.2. The minimum absolute atomic E-state index is 0.135. The van der Waals surface area contributed by atoms with E-state index in [1.807, 2.05) is 12.1 Å². The van der Waals surface area contributed by atoms with Crippen LogP contribution in [0.25, 0.3) is 0 Å². The van der Waals surface area contributed by atoms with Gasteiger partial charge in [0.25, 0.3) is 5.69 Å². The normalized spacial score (nSPS) is 22.9. The van der Waals surface area contributed by atoms with E-state index in [2.05, 4.69) is 11.8 Å². The third-order valence-electron chi connectivity index (χ3n) is 4.12. The molecule has 0 heterocycles. The van der Waals surface area contributed by atoms with Crippen LogP contribution in [0.4, 0.5) is 5.69 Å². The fourth-order valence-corrected chi connectivity index (χ4v) is 2.88. The lowest BCUT2D eigenvalue weighted by Crippen LogP contribution is -2.38. The highest BCUT2D eigenvalue weighted by atomic mass is 16.6. The first-order valence-electron chi connectivity index (χ1n) is 7.25. The lowest BCUT2D eigenvalue weighted by atomic mass is 9.91. The van der Waals surface area contributed by atoms with Crippen LogP contribution in [0.3, 0.4) is 0 Å². The van der Waals surface area contributed by atoms with Crippen LogP contribution in [0.15, 0.2) is 24.3 Å². The minimum Gasteiger partial charge on any atom is -0.393 e. The van der Waals surface area contributed by atoms with E-state index >= 15 is 0 Å². The van der Waals surface area contributed by atoms with Crippen LogP contribution in [0.2, 0.25) is 0 Å². The maximum Gasteiger partial charge on any atom is 0.269 e. The molecule has 1 aromatic carbocycles. The molecule has 1 aliphatic carbocycles. The number of aliphatic hydroxyl groups excluding tert-OH is 1. The second kappa shape index (κ2) is 6.81. The molecule has 110 valence electrons. The van der Waals surface area contributed by atoms with E-state index in [0.29, 0.717) is 6.04 Å². The first-order chi connectivity index (χ1) is 9.60. The van der Waals surface area contributed by atoms with Crippen molar-refractivity contribution in [2.24, 2.45) is 0 Å². The molecule has 0 aliphatic heterocycles. The van der Waals surface area contributed by atoms with Gasteiger partial charge in [-0.2, -0.15) is 0 Å². The Balaban J connectivity index is 1.97. The Morgan fingerprint density at radius 1 is 1.25 bits per heavy atom. The van der Waals surface area contributed by atoms with Gasteiger partial charge in [-0.25, -0.2) is 0 Å². The quantitative estimate of drug-likeness (QED) is 0.664. The van der Waals surface area contributed by atoms with Crippen LogP contribution < -0.4 is 0 Å². The maximum absolute atomic E-state index is 10.6. The fourth-order valence-electron chi connectivity index (χ4n) is 2.88. The molecule has 0 amide bonds. The van der Waals surface area contributed by atoms with Gasteiger partial charge in [-0.1, -0.05) is 19.1 Å². The van der Waals surface area contributed by atoms with Gasteiger partial charge in [-0.3, -0.25) is 15.0 Å². The number of hydrogen-bond donors (Lipinski definition) is 1. The van der Waals surface area contributed by atoms with E-state index in [9.17, 15) is 15.2 Å². The number of nitro benzene ring substituents is 1. The second-order valence-electron chi connectivity index (χ2n) is 5.45. The van der Waals surface area contributed by atoms with Crippen molar-refractivity contribution in [2.75, 3.05) is 6.54 Å². The van der Waals surface area contributed by atoms with Gasteiger partial charge in [0.2, 0.25) is 0 Å². The summed E-state index contributed by atoms with van der Waals surface area (Å²) in [4.78, 5) is 12.7. The van der Waals surface area contributed by atoms with E-state index in [1.54, 1.807) is 12.1 Å². The predicted molar refractivity (Wildman–Crippen MR) is 77.4 cm³/mol. The minimum atomic E-state index is -0.371. The van der Waals surface area contributed by atoms with Crippen LogP contribution in [0.1, 0.15) is 38.2 Å². The van der Waals surface area contributed by atoms with Gasteiger partial charge in [-0.05, 0) is 37.8 Å². The van der Waals surface area contributed by atoms with Gasteiger partial charge in [-0.15, -0.1) is 0 Å². The molecular formula is C15H22N2O3. The summed E-state index contributed by atoms with van der Waals surface area (Å²) in [5.74, 6) is 0. The van der Waals surface area contributed by atoms with Crippen LogP contribution in [0.5, 0.6) is 0 Å². The molecule has 0 unspecified atom stereocenters. The summed E-state index contributed by atoms with van der Waals surface area (Å²) >= 11 is 0. The number of non-ortho nitro benzene ring substituents is 1. The molecule has 0 aromatic heterocycles. The summed E-state index contributed by atoms with van der Waals surface area (Å²) in [6.45, 7) is 3.91. The fraction of sp³-hybridized carbons (Fsp3) is 0.600. The molecule has 5 heteroatoms. The Morgan fingerprint density at radius 2 is 1.85 bits per heavy atom. The molecule has 5 nitrogen and oxygen atoms in total. The van der Waals surface area contributed by atoms with Crippen molar-refractivity contribution in [3.05, 3.63) is 39.9 Å². The molecule has 1 aromatic rings. The van der Waals surface area contributed by atoms with E-state index in [1.165, 1.54) is 0 Å². The molecule has 1 saturated carbocycles. The molecule has 0 saturated heterocycles. The van der Waals surface area contributed by atoms with Gasteiger partial charge in [0.1, 0.15) is 0 Å².